The van der Waals surface area contributed by atoms with Crippen LogP contribution in [0.5, 0.6) is 0 Å². The van der Waals surface area contributed by atoms with Gasteiger partial charge in [0, 0.05) is 12.1 Å². The number of rotatable bonds is 3. The van der Waals surface area contributed by atoms with Gasteiger partial charge in [0.15, 0.2) is 0 Å². The molecule has 0 amide bonds. The van der Waals surface area contributed by atoms with Gasteiger partial charge in [-0.3, -0.25) is 4.90 Å². The number of aromatic nitrogens is 2. The zero-order valence-corrected chi connectivity index (χ0v) is 10.6. The van der Waals surface area contributed by atoms with Crippen molar-refractivity contribution in [3.63, 3.8) is 0 Å². The molecule has 1 aliphatic rings. The van der Waals surface area contributed by atoms with Gasteiger partial charge in [-0.15, -0.1) is 5.10 Å². The van der Waals surface area contributed by atoms with Crippen molar-refractivity contribution < 1.29 is 0 Å². The predicted octanol–water partition coefficient (Wildman–Crippen LogP) is 2.61. The molecule has 1 heterocycles. The van der Waals surface area contributed by atoms with Crippen molar-refractivity contribution in [1.29, 1.82) is 0 Å². The summed E-state index contributed by atoms with van der Waals surface area (Å²) in [6.07, 6.45) is 5.41. The summed E-state index contributed by atoms with van der Waals surface area (Å²) in [7, 11) is 2.23. The molecule has 0 aliphatic heterocycles. The summed E-state index contributed by atoms with van der Waals surface area (Å²) < 4.78 is 3.99. The summed E-state index contributed by atoms with van der Waals surface area (Å²) in [5.41, 5.74) is 1.49. The second-order valence-corrected chi connectivity index (χ2v) is 5.68. The van der Waals surface area contributed by atoms with Gasteiger partial charge in [0.2, 0.25) is 0 Å². The molecule has 0 aromatic carbocycles. The fraction of sp³-hybridized carbons (Fsp3) is 0.818. The van der Waals surface area contributed by atoms with Crippen LogP contribution in [0.15, 0.2) is 0 Å². The maximum absolute atomic E-state index is 4.06. The summed E-state index contributed by atoms with van der Waals surface area (Å²) in [5.74, 6) is 0. The molecular weight excluding hydrogens is 206 g/mol. The largest absolute Gasteiger partial charge is 0.296 e. The summed E-state index contributed by atoms with van der Waals surface area (Å²) in [6.45, 7) is 5.42. The van der Waals surface area contributed by atoms with Gasteiger partial charge in [-0.2, -0.15) is 0 Å². The Labute approximate surface area is 95.7 Å². The van der Waals surface area contributed by atoms with E-state index < -0.39 is 0 Å². The minimum absolute atomic E-state index is 0.399. The van der Waals surface area contributed by atoms with Crippen LogP contribution in [0.3, 0.4) is 0 Å². The molecule has 0 atom stereocenters. The Bertz CT molecular complexity index is 328. The summed E-state index contributed by atoms with van der Waals surface area (Å²) in [5, 5.41) is 4.06. The fourth-order valence-electron chi connectivity index (χ4n) is 2.32. The van der Waals surface area contributed by atoms with E-state index in [1.54, 1.807) is 0 Å². The zero-order valence-electron chi connectivity index (χ0n) is 9.79. The van der Waals surface area contributed by atoms with Gasteiger partial charge in [0.25, 0.3) is 0 Å². The van der Waals surface area contributed by atoms with Crippen molar-refractivity contribution in [2.24, 2.45) is 0 Å². The third kappa shape index (κ3) is 2.21. The van der Waals surface area contributed by atoms with E-state index in [1.807, 2.05) is 6.92 Å². The number of hydrogen-bond donors (Lipinski definition) is 0. The van der Waals surface area contributed by atoms with E-state index in [0.29, 0.717) is 5.54 Å². The second-order valence-electron chi connectivity index (χ2n) is 4.84. The molecule has 4 heteroatoms. The van der Waals surface area contributed by atoms with E-state index in [2.05, 4.69) is 28.5 Å². The van der Waals surface area contributed by atoms with E-state index in [9.17, 15) is 0 Å². The van der Waals surface area contributed by atoms with E-state index >= 15 is 0 Å². The predicted molar refractivity (Wildman–Crippen MR) is 63.0 cm³/mol. The molecule has 3 nitrogen and oxygen atoms in total. The van der Waals surface area contributed by atoms with Crippen molar-refractivity contribution >= 4 is 11.5 Å². The van der Waals surface area contributed by atoms with Crippen molar-refractivity contribution in [2.45, 2.75) is 51.6 Å². The molecule has 0 N–H and O–H groups in total. The van der Waals surface area contributed by atoms with Crippen LogP contribution in [0.25, 0.3) is 0 Å². The molecule has 0 saturated heterocycles. The highest BCUT2D eigenvalue weighted by molar-refractivity contribution is 7.05. The smallest absolute Gasteiger partial charge is 0.0769 e. The number of hydrogen-bond acceptors (Lipinski definition) is 4. The molecule has 1 saturated carbocycles. The molecule has 0 unspecified atom stereocenters. The summed E-state index contributed by atoms with van der Waals surface area (Å²) in [4.78, 5) is 3.79. The highest BCUT2D eigenvalue weighted by atomic mass is 32.1. The lowest BCUT2D eigenvalue weighted by Crippen LogP contribution is -2.40. The first-order valence-corrected chi connectivity index (χ1v) is 6.38. The Morgan fingerprint density at radius 2 is 2.07 bits per heavy atom. The topological polar surface area (TPSA) is 29.0 Å². The van der Waals surface area contributed by atoms with Crippen molar-refractivity contribution in [3.05, 3.63) is 10.6 Å². The summed E-state index contributed by atoms with van der Waals surface area (Å²) in [6, 6.07) is 0. The molecule has 0 bridgehead atoms. The Balaban J connectivity index is 2.03. The van der Waals surface area contributed by atoms with E-state index in [1.165, 1.54) is 42.1 Å². The molecule has 84 valence electrons. The van der Waals surface area contributed by atoms with Crippen molar-refractivity contribution in [1.82, 2.24) is 14.5 Å². The Morgan fingerprint density at radius 1 is 1.40 bits per heavy atom. The lowest BCUT2D eigenvalue weighted by Gasteiger charge is -2.35. The van der Waals surface area contributed by atoms with E-state index in [0.717, 1.165) is 12.2 Å². The molecule has 2 rings (SSSR count). The SMILES string of the molecule is Cc1nnsc1CN(C)C1(C)CCCC1. The average Bonchev–Trinajstić information content (AvgIpc) is 2.78. The van der Waals surface area contributed by atoms with Crippen LogP contribution < -0.4 is 0 Å². The van der Waals surface area contributed by atoms with Crippen LogP contribution >= 0.6 is 11.5 Å². The highest BCUT2D eigenvalue weighted by Crippen LogP contribution is 2.35. The van der Waals surface area contributed by atoms with Gasteiger partial charge >= 0.3 is 0 Å². The lowest BCUT2D eigenvalue weighted by molar-refractivity contribution is 0.136. The molecule has 0 radical (unpaired) electrons. The lowest BCUT2D eigenvalue weighted by atomic mass is 9.98. The van der Waals surface area contributed by atoms with Crippen LogP contribution in [0.2, 0.25) is 0 Å². The Morgan fingerprint density at radius 3 is 2.60 bits per heavy atom. The Hall–Kier alpha value is -0.480. The maximum Gasteiger partial charge on any atom is 0.0769 e. The highest BCUT2D eigenvalue weighted by Gasteiger charge is 2.32. The first kappa shape index (κ1) is 11.0. The van der Waals surface area contributed by atoms with Crippen LogP contribution in [-0.2, 0) is 6.54 Å². The Kier molecular flexibility index (Phi) is 3.07. The number of aryl methyl sites for hydroxylation is 1. The van der Waals surface area contributed by atoms with Crippen LogP contribution in [0, 0.1) is 6.92 Å². The maximum atomic E-state index is 4.06. The average molecular weight is 225 g/mol. The van der Waals surface area contributed by atoms with Crippen molar-refractivity contribution in [3.8, 4) is 0 Å². The van der Waals surface area contributed by atoms with E-state index in [-0.39, 0.29) is 0 Å². The molecular formula is C11H19N3S. The van der Waals surface area contributed by atoms with Gasteiger partial charge < -0.3 is 0 Å². The third-order valence-corrected chi connectivity index (χ3v) is 4.54. The van der Waals surface area contributed by atoms with Gasteiger partial charge in [-0.1, -0.05) is 17.3 Å². The molecule has 1 aromatic heterocycles. The van der Waals surface area contributed by atoms with Crippen molar-refractivity contribution in [2.75, 3.05) is 7.05 Å². The zero-order chi connectivity index (χ0) is 10.9. The molecule has 15 heavy (non-hydrogen) atoms. The van der Waals surface area contributed by atoms with E-state index in [4.69, 9.17) is 0 Å². The summed E-state index contributed by atoms with van der Waals surface area (Å²) >= 11 is 1.53. The third-order valence-electron chi connectivity index (χ3n) is 3.73. The first-order valence-electron chi connectivity index (χ1n) is 5.61. The normalized spacial score (nSPS) is 20.0. The van der Waals surface area contributed by atoms with Crippen LogP contribution in [0.4, 0.5) is 0 Å². The minimum atomic E-state index is 0.399. The second kappa shape index (κ2) is 4.18. The quantitative estimate of drug-likeness (QED) is 0.792. The van der Waals surface area contributed by atoms with Crippen LogP contribution in [-0.4, -0.2) is 27.1 Å². The monoisotopic (exact) mass is 225 g/mol. The fourth-order valence-corrected chi connectivity index (χ4v) is 3.01. The molecule has 1 aliphatic carbocycles. The standard InChI is InChI=1S/C11H19N3S/c1-9-10(15-13-12-9)8-14(3)11(2)6-4-5-7-11/h4-8H2,1-3H3. The van der Waals surface area contributed by atoms with Gasteiger partial charge in [0.1, 0.15) is 0 Å². The molecule has 0 spiro atoms. The molecule has 1 aromatic rings. The number of nitrogens with zero attached hydrogens (tertiary/aromatic N) is 3. The van der Waals surface area contributed by atoms with Crippen LogP contribution in [0.1, 0.15) is 43.2 Å². The van der Waals surface area contributed by atoms with Gasteiger partial charge in [-0.05, 0) is 45.3 Å². The van der Waals surface area contributed by atoms with Gasteiger partial charge in [0.05, 0.1) is 10.6 Å². The first-order chi connectivity index (χ1) is 7.12. The minimum Gasteiger partial charge on any atom is -0.296 e. The van der Waals surface area contributed by atoms with Gasteiger partial charge in [-0.25, -0.2) is 0 Å². The molecule has 1 fully saturated rings.